The van der Waals surface area contributed by atoms with Crippen LogP contribution in [0, 0.1) is 13.8 Å². The molecule has 21 heavy (non-hydrogen) atoms. The number of halogens is 1. The van der Waals surface area contributed by atoms with E-state index < -0.39 is 5.24 Å². The van der Waals surface area contributed by atoms with Crippen LogP contribution in [0.2, 0.25) is 0 Å². The number of aromatic nitrogens is 1. The van der Waals surface area contributed by atoms with Crippen molar-refractivity contribution >= 4 is 27.7 Å². The third-order valence-electron chi connectivity index (χ3n) is 3.79. The summed E-state index contributed by atoms with van der Waals surface area (Å²) in [6.45, 7) is 4.05. The fourth-order valence-electron chi connectivity index (χ4n) is 2.45. The molecule has 3 rings (SSSR count). The van der Waals surface area contributed by atoms with Crippen molar-refractivity contribution < 1.29 is 4.79 Å². The fraction of sp³-hybridized carbons (Fsp3) is 0.111. The first kappa shape index (κ1) is 13.8. The van der Waals surface area contributed by atoms with Crippen LogP contribution < -0.4 is 0 Å². The summed E-state index contributed by atoms with van der Waals surface area (Å²) in [6.07, 6.45) is 0. The number of carbonyl (C=O) groups excluding carboxylic acids is 1. The van der Waals surface area contributed by atoms with E-state index in [1.807, 2.05) is 56.3 Å². The van der Waals surface area contributed by atoms with E-state index in [1.165, 1.54) is 0 Å². The molecule has 0 fully saturated rings. The number of fused-ring (bicyclic) bond motifs is 1. The Bertz CT molecular complexity index is 841. The van der Waals surface area contributed by atoms with Crippen molar-refractivity contribution in [2.24, 2.45) is 0 Å². The molecule has 0 saturated carbocycles. The summed E-state index contributed by atoms with van der Waals surface area (Å²) in [5, 5.41) is 0.348. The van der Waals surface area contributed by atoms with Crippen LogP contribution in [0.3, 0.4) is 0 Å². The molecule has 0 aliphatic rings. The van der Waals surface area contributed by atoms with Crippen molar-refractivity contribution in [2.75, 3.05) is 0 Å². The smallest absolute Gasteiger partial charge is 0.253 e. The number of benzene rings is 2. The highest BCUT2D eigenvalue weighted by Gasteiger charge is 2.14. The lowest BCUT2D eigenvalue weighted by Crippen LogP contribution is -1.98. The number of rotatable bonds is 2. The Morgan fingerprint density at radius 3 is 2.43 bits per heavy atom. The maximum atomic E-state index is 11.8. The van der Waals surface area contributed by atoms with Crippen molar-refractivity contribution in [2.45, 2.75) is 13.8 Å². The van der Waals surface area contributed by atoms with Gasteiger partial charge >= 0.3 is 0 Å². The van der Waals surface area contributed by atoms with Crippen LogP contribution in [0.25, 0.3) is 22.2 Å². The second-order valence-electron chi connectivity index (χ2n) is 5.10. The van der Waals surface area contributed by atoms with Gasteiger partial charge in [-0.15, -0.1) is 0 Å². The Hall–Kier alpha value is -2.19. The van der Waals surface area contributed by atoms with Gasteiger partial charge in [0, 0.05) is 16.5 Å². The molecule has 0 aliphatic carbocycles. The van der Waals surface area contributed by atoms with Gasteiger partial charge in [0.2, 0.25) is 0 Å². The molecule has 0 atom stereocenters. The Morgan fingerprint density at radius 1 is 1.05 bits per heavy atom. The number of nitrogens with zero attached hydrogens (tertiary/aromatic N) is 1. The lowest BCUT2D eigenvalue weighted by atomic mass is 10.00. The minimum absolute atomic E-state index is 0.456. The standard InChI is InChI=1S/C18H14ClNO/c1-11-8-9-14-15(18(19)21)10-16(20-17(14)12(11)2)13-6-4-3-5-7-13/h3-10H,1-2H3. The van der Waals surface area contributed by atoms with Gasteiger partial charge in [-0.3, -0.25) is 4.79 Å². The van der Waals surface area contributed by atoms with E-state index in [-0.39, 0.29) is 0 Å². The number of pyridine rings is 1. The zero-order valence-electron chi connectivity index (χ0n) is 11.9. The maximum Gasteiger partial charge on any atom is 0.253 e. The normalized spacial score (nSPS) is 10.8. The SMILES string of the molecule is Cc1ccc2c(C(=O)Cl)cc(-c3ccccc3)nc2c1C. The molecular formula is C18H14ClNO. The topological polar surface area (TPSA) is 30.0 Å². The highest BCUT2D eigenvalue weighted by molar-refractivity contribution is 6.68. The number of aryl methyl sites for hydroxylation is 2. The molecule has 1 aromatic heterocycles. The van der Waals surface area contributed by atoms with E-state index in [0.717, 1.165) is 33.3 Å². The molecule has 0 saturated heterocycles. The van der Waals surface area contributed by atoms with Gasteiger partial charge in [-0.25, -0.2) is 4.98 Å². The molecular weight excluding hydrogens is 282 g/mol. The largest absolute Gasteiger partial charge is 0.276 e. The van der Waals surface area contributed by atoms with Crippen LogP contribution in [0.15, 0.2) is 48.5 Å². The van der Waals surface area contributed by atoms with Gasteiger partial charge in [0.05, 0.1) is 11.2 Å². The first-order chi connectivity index (χ1) is 10.1. The molecule has 1 heterocycles. The van der Waals surface area contributed by atoms with E-state index in [2.05, 4.69) is 0 Å². The number of hydrogen-bond donors (Lipinski definition) is 0. The highest BCUT2D eigenvalue weighted by Crippen LogP contribution is 2.28. The minimum Gasteiger partial charge on any atom is -0.276 e. The molecule has 0 bridgehead atoms. The molecule has 2 nitrogen and oxygen atoms in total. The van der Waals surface area contributed by atoms with Gasteiger partial charge in [-0.05, 0) is 42.6 Å². The van der Waals surface area contributed by atoms with Gasteiger partial charge in [0.1, 0.15) is 0 Å². The molecule has 104 valence electrons. The third-order valence-corrected chi connectivity index (χ3v) is 3.99. The first-order valence-electron chi connectivity index (χ1n) is 6.74. The van der Waals surface area contributed by atoms with Crippen molar-refractivity contribution in [3.05, 3.63) is 65.2 Å². The van der Waals surface area contributed by atoms with Crippen molar-refractivity contribution in [3.63, 3.8) is 0 Å². The van der Waals surface area contributed by atoms with Crippen LogP contribution in [-0.2, 0) is 0 Å². The van der Waals surface area contributed by atoms with E-state index >= 15 is 0 Å². The van der Waals surface area contributed by atoms with Crippen LogP contribution in [0.4, 0.5) is 0 Å². The minimum atomic E-state index is -0.456. The van der Waals surface area contributed by atoms with Crippen LogP contribution in [0.1, 0.15) is 21.5 Å². The molecule has 0 aliphatic heterocycles. The predicted molar refractivity (Wildman–Crippen MR) is 86.8 cm³/mol. The van der Waals surface area contributed by atoms with Gasteiger partial charge in [0.15, 0.2) is 0 Å². The molecule has 0 spiro atoms. The lowest BCUT2D eigenvalue weighted by Gasteiger charge is -2.10. The van der Waals surface area contributed by atoms with Crippen LogP contribution >= 0.6 is 11.6 Å². The van der Waals surface area contributed by atoms with Gasteiger partial charge in [-0.1, -0.05) is 42.5 Å². The van der Waals surface area contributed by atoms with Crippen molar-refractivity contribution in [1.29, 1.82) is 0 Å². The van der Waals surface area contributed by atoms with Crippen LogP contribution in [0.5, 0.6) is 0 Å². The first-order valence-corrected chi connectivity index (χ1v) is 7.12. The Morgan fingerprint density at radius 2 is 1.76 bits per heavy atom. The summed E-state index contributed by atoms with van der Waals surface area (Å²) in [5.41, 5.74) is 5.29. The molecule has 0 amide bonds. The Balaban J connectivity index is 2.39. The van der Waals surface area contributed by atoms with E-state index in [0.29, 0.717) is 5.56 Å². The number of carbonyl (C=O) groups is 1. The third kappa shape index (κ3) is 2.43. The summed E-state index contributed by atoms with van der Waals surface area (Å²) in [6, 6.07) is 15.5. The second kappa shape index (κ2) is 5.30. The molecule has 0 unspecified atom stereocenters. The quantitative estimate of drug-likeness (QED) is 0.630. The van der Waals surface area contributed by atoms with E-state index in [9.17, 15) is 4.79 Å². The number of hydrogen-bond acceptors (Lipinski definition) is 2. The summed E-state index contributed by atoms with van der Waals surface area (Å²) in [5.74, 6) is 0. The average Bonchev–Trinajstić information content (AvgIpc) is 2.51. The molecule has 3 heteroatoms. The zero-order valence-corrected chi connectivity index (χ0v) is 12.6. The van der Waals surface area contributed by atoms with E-state index in [4.69, 9.17) is 16.6 Å². The molecule has 0 N–H and O–H groups in total. The molecule has 3 aromatic rings. The Kier molecular flexibility index (Phi) is 3.48. The summed E-state index contributed by atoms with van der Waals surface area (Å²) < 4.78 is 0. The summed E-state index contributed by atoms with van der Waals surface area (Å²) in [4.78, 5) is 16.5. The molecule has 2 aromatic carbocycles. The monoisotopic (exact) mass is 295 g/mol. The maximum absolute atomic E-state index is 11.8. The van der Waals surface area contributed by atoms with E-state index in [1.54, 1.807) is 6.07 Å². The van der Waals surface area contributed by atoms with Crippen LogP contribution in [-0.4, -0.2) is 10.2 Å². The van der Waals surface area contributed by atoms with Crippen molar-refractivity contribution in [3.8, 4) is 11.3 Å². The average molecular weight is 296 g/mol. The molecule has 0 radical (unpaired) electrons. The predicted octanol–water partition coefficient (Wildman–Crippen LogP) is 4.90. The van der Waals surface area contributed by atoms with Gasteiger partial charge in [-0.2, -0.15) is 0 Å². The summed E-state index contributed by atoms with van der Waals surface area (Å²) >= 11 is 5.77. The van der Waals surface area contributed by atoms with Gasteiger partial charge < -0.3 is 0 Å². The summed E-state index contributed by atoms with van der Waals surface area (Å²) in [7, 11) is 0. The fourth-order valence-corrected chi connectivity index (χ4v) is 2.61. The zero-order chi connectivity index (χ0) is 15.0. The highest BCUT2D eigenvalue weighted by atomic mass is 35.5. The second-order valence-corrected chi connectivity index (χ2v) is 5.44. The lowest BCUT2D eigenvalue weighted by molar-refractivity contribution is 0.108. The van der Waals surface area contributed by atoms with Gasteiger partial charge in [0.25, 0.3) is 5.24 Å². The Labute approximate surface area is 128 Å². The van der Waals surface area contributed by atoms with Crippen molar-refractivity contribution in [1.82, 2.24) is 4.98 Å².